The molecule has 0 aliphatic carbocycles. The Morgan fingerprint density at radius 1 is 1.33 bits per heavy atom. The van der Waals surface area contributed by atoms with Crippen LogP contribution in [0.5, 0.6) is 0 Å². The first-order valence-corrected chi connectivity index (χ1v) is 7.71. The topological polar surface area (TPSA) is 54.5 Å². The number of ketones is 1. The van der Waals surface area contributed by atoms with E-state index in [1.54, 1.807) is 12.1 Å². The van der Waals surface area contributed by atoms with E-state index in [1.165, 1.54) is 4.31 Å². The number of hydrogen-bond acceptors (Lipinski definition) is 3. The van der Waals surface area contributed by atoms with Gasteiger partial charge in [-0.05, 0) is 25.5 Å². The quantitative estimate of drug-likeness (QED) is 0.843. The van der Waals surface area contributed by atoms with Gasteiger partial charge in [-0.2, -0.15) is 0 Å². The van der Waals surface area contributed by atoms with Gasteiger partial charge < -0.3 is 0 Å². The van der Waals surface area contributed by atoms with Crippen molar-refractivity contribution < 1.29 is 13.2 Å². The summed E-state index contributed by atoms with van der Waals surface area (Å²) >= 11 is 0. The van der Waals surface area contributed by atoms with Gasteiger partial charge in [0, 0.05) is 18.5 Å². The SMILES string of the molecule is CCCS(=O)(=O)N1CCC(=O)c2cc(C)ccc21. The molecular formula is C13H17NO3S. The first-order valence-electron chi connectivity index (χ1n) is 6.10. The summed E-state index contributed by atoms with van der Waals surface area (Å²) in [5, 5.41) is 0. The van der Waals surface area contributed by atoms with Crippen LogP contribution in [0.2, 0.25) is 0 Å². The Hall–Kier alpha value is -1.36. The number of carbonyl (C=O) groups excluding carboxylic acids is 1. The number of rotatable bonds is 3. The van der Waals surface area contributed by atoms with Crippen LogP contribution in [0.15, 0.2) is 18.2 Å². The predicted molar refractivity (Wildman–Crippen MR) is 71.6 cm³/mol. The van der Waals surface area contributed by atoms with Crippen molar-refractivity contribution >= 4 is 21.5 Å². The normalized spacial score (nSPS) is 15.7. The number of Topliss-reactive ketones (excluding diaryl/α,β-unsaturated/α-hetero) is 1. The molecule has 4 nitrogen and oxygen atoms in total. The second-order valence-corrected chi connectivity index (χ2v) is 6.59. The lowest BCUT2D eigenvalue weighted by molar-refractivity contribution is 0.0982. The lowest BCUT2D eigenvalue weighted by Gasteiger charge is -2.29. The van der Waals surface area contributed by atoms with Gasteiger partial charge in [0.05, 0.1) is 11.4 Å². The summed E-state index contributed by atoms with van der Waals surface area (Å²) in [7, 11) is -3.30. The number of fused-ring (bicyclic) bond motifs is 1. The van der Waals surface area contributed by atoms with E-state index in [0.29, 0.717) is 17.7 Å². The highest BCUT2D eigenvalue weighted by Crippen LogP contribution is 2.30. The first kappa shape index (κ1) is 13.1. The minimum Gasteiger partial charge on any atom is -0.294 e. The van der Waals surface area contributed by atoms with Gasteiger partial charge in [-0.15, -0.1) is 0 Å². The zero-order chi connectivity index (χ0) is 13.3. The van der Waals surface area contributed by atoms with Gasteiger partial charge >= 0.3 is 0 Å². The highest BCUT2D eigenvalue weighted by atomic mass is 32.2. The molecule has 0 atom stereocenters. The third-order valence-corrected chi connectivity index (χ3v) is 5.04. The summed E-state index contributed by atoms with van der Waals surface area (Å²) in [6.45, 7) is 3.99. The Balaban J connectivity index is 2.50. The van der Waals surface area contributed by atoms with Gasteiger partial charge in [-0.1, -0.05) is 18.6 Å². The number of aryl methyl sites for hydroxylation is 1. The molecular weight excluding hydrogens is 250 g/mol. The van der Waals surface area contributed by atoms with E-state index in [0.717, 1.165) is 5.56 Å². The predicted octanol–water partition coefficient (Wildman–Crippen LogP) is 2.13. The number of carbonyl (C=O) groups is 1. The Labute approximate surface area is 108 Å². The zero-order valence-electron chi connectivity index (χ0n) is 10.6. The van der Waals surface area contributed by atoms with Crippen LogP contribution >= 0.6 is 0 Å². The van der Waals surface area contributed by atoms with Crippen LogP contribution in [-0.2, 0) is 10.0 Å². The molecule has 0 saturated carbocycles. The van der Waals surface area contributed by atoms with Crippen LogP contribution < -0.4 is 4.31 Å². The number of anilines is 1. The first-order chi connectivity index (χ1) is 8.45. The van der Waals surface area contributed by atoms with Gasteiger partial charge in [0.15, 0.2) is 5.78 Å². The zero-order valence-corrected chi connectivity index (χ0v) is 11.5. The molecule has 0 N–H and O–H groups in total. The molecule has 0 amide bonds. The Morgan fingerprint density at radius 2 is 2.06 bits per heavy atom. The smallest absolute Gasteiger partial charge is 0.235 e. The van der Waals surface area contributed by atoms with Crippen LogP contribution in [-0.4, -0.2) is 26.5 Å². The van der Waals surface area contributed by atoms with Gasteiger partial charge in [-0.25, -0.2) is 8.42 Å². The number of nitrogens with zero attached hydrogens (tertiary/aromatic N) is 1. The van der Waals surface area contributed by atoms with E-state index in [-0.39, 0.29) is 24.5 Å². The van der Waals surface area contributed by atoms with Gasteiger partial charge in [0.2, 0.25) is 10.0 Å². The second-order valence-electron chi connectivity index (χ2n) is 4.58. The lowest BCUT2D eigenvalue weighted by atomic mass is 10.0. The molecule has 1 heterocycles. The van der Waals surface area contributed by atoms with Crippen LogP contribution in [0.4, 0.5) is 5.69 Å². The fourth-order valence-corrected chi connectivity index (χ4v) is 3.77. The van der Waals surface area contributed by atoms with Crippen molar-refractivity contribution in [3.05, 3.63) is 29.3 Å². The third kappa shape index (κ3) is 2.27. The summed E-state index contributed by atoms with van der Waals surface area (Å²) < 4.78 is 25.7. The van der Waals surface area contributed by atoms with E-state index >= 15 is 0 Å². The van der Waals surface area contributed by atoms with Crippen LogP contribution in [0.1, 0.15) is 35.7 Å². The Morgan fingerprint density at radius 3 is 2.72 bits per heavy atom. The van der Waals surface area contributed by atoms with Crippen molar-refractivity contribution in [3.8, 4) is 0 Å². The van der Waals surface area contributed by atoms with Crippen molar-refractivity contribution in [2.45, 2.75) is 26.7 Å². The molecule has 0 spiro atoms. The van der Waals surface area contributed by atoms with E-state index in [1.807, 2.05) is 19.9 Å². The van der Waals surface area contributed by atoms with Crippen molar-refractivity contribution in [1.29, 1.82) is 0 Å². The fourth-order valence-electron chi connectivity index (χ4n) is 2.21. The summed E-state index contributed by atoms with van der Waals surface area (Å²) in [6, 6.07) is 5.34. The molecule has 1 aromatic rings. The van der Waals surface area contributed by atoms with Gasteiger partial charge in [0.1, 0.15) is 0 Å². The number of hydrogen-bond donors (Lipinski definition) is 0. The van der Waals surface area contributed by atoms with E-state index in [2.05, 4.69) is 0 Å². The largest absolute Gasteiger partial charge is 0.294 e. The minimum absolute atomic E-state index is 0.0247. The molecule has 1 aliphatic rings. The van der Waals surface area contributed by atoms with Gasteiger partial charge in [0.25, 0.3) is 0 Å². The van der Waals surface area contributed by atoms with E-state index < -0.39 is 10.0 Å². The van der Waals surface area contributed by atoms with E-state index in [4.69, 9.17) is 0 Å². The lowest BCUT2D eigenvalue weighted by Crippen LogP contribution is -2.38. The van der Waals surface area contributed by atoms with Crippen molar-refractivity contribution in [1.82, 2.24) is 0 Å². The molecule has 0 unspecified atom stereocenters. The summed E-state index contributed by atoms with van der Waals surface area (Å²) in [6.07, 6.45) is 0.841. The van der Waals surface area contributed by atoms with Crippen LogP contribution in [0.3, 0.4) is 0 Å². The summed E-state index contributed by atoms with van der Waals surface area (Å²) in [5.74, 6) is 0.144. The number of sulfonamides is 1. The molecule has 1 aromatic carbocycles. The molecule has 98 valence electrons. The fraction of sp³-hybridized carbons (Fsp3) is 0.462. The van der Waals surface area contributed by atoms with Crippen molar-refractivity contribution in [2.75, 3.05) is 16.6 Å². The van der Waals surface area contributed by atoms with Crippen LogP contribution in [0.25, 0.3) is 0 Å². The van der Waals surface area contributed by atoms with Crippen LogP contribution in [0, 0.1) is 6.92 Å². The highest BCUT2D eigenvalue weighted by Gasteiger charge is 2.30. The maximum atomic E-state index is 12.2. The Kier molecular flexibility index (Phi) is 3.43. The maximum Gasteiger partial charge on any atom is 0.235 e. The molecule has 0 bridgehead atoms. The van der Waals surface area contributed by atoms with E-state index in [9.17, 15) is 13.2 Å². The molecule has 18 heavy (non-hydrogen) atoms. The molecule has 0 fully saturated rings. The molecule has 0 radical (unpaired) electrons. The molecule has 2 rings (SSSR count). The maximum absolute atomic E-state index is 12.2. The van der Waals surface area contributed by atoms with Crippen molar-refractivity contribution in [2.24, 2.45) is 0 Å². The molecule has 0 saturated heterocycles. The molecule has 1 aliphatic heterocycles. The summed E-state index contributed by atoms with van der Waals surface area (Å²) in [4.78, 5) is 11.8. The number of benzene rings is 1. The average molecular weight is 267 g/mol. The molecule has 0 aromatic heterocycles. The monoisotopic (exact) mass is 267 g/mol. The standard InChI is InChI=1S/C13H17NO3S/c1-3-8-18(16,17)14-7-6-13(15)11-9-10(2)4-5-12(11)14/h4-5,9H,3,6-8H2,1-2H3. The molecule has 5 heteroatoms. The second kappa shape index (κ2) is 4.72. The average Bonchev–Trinajstić information content (AvgIpc) is 2.30. The summed E-state index contributed by atoms with van der Waals surface area (Å²) in [5.41, 5.74) is 2.03. The Bertz CT molecular complexity index is 578. The van der Waals surface area contributed by atoms with Crippen molar-refractivity contribution in [3.63, 3.8) is 0 Å². The minimum atomic E-state index is -3.30. The highest BCUT2D eigenvalue weighted by molar-refractivity contribution is 7.92. The third-order valence-electron chi connectivity index (χ3n) is 3.06. The van der Waals surface area contributed by atoms with Gasteiger partial charge in [-0.3, -0.25) is 9.10 Å².